The Bertz CT molecular complexity index is 1330. The molecule has 2 heterocycles. The third-order valence-electron chi connectivity index (χ3n) is 5.81. The molecule has 34 heavy (non-hydrogen) atoms. The summed E-state index contributed by atoms with van der Waals surface area (Å²) in [6.07, 6.45) is 5.44. The molecule has 3 amide bonds. The number of imidazole rings is 1. The lowest BCUT2D eigenvalue weighted by Crippen LogP contribution is -2.29. The van der Waals surface area contributed by atoms with Gasteiger partial charge < -0.3 is 9.88 Å². The van der Waals surface area contributed by atoms with Crippen molar-refractivity contribution >= 4 is 17.7 Å². The molecule has 0 saturated carbocycles. The molecule has 1 aromatic heterocycles. The van der Waals surface area contributed by atoms with Gasteiger partial charge in [-0.1, -0.05) is 48.5 Å². The van der Waals surface area contributed by atoms with Crippen molar-refractivity contribution in [2.24, 2.45) is 0 Å². The van der Waals surface area contributed by atoms with E-state index in [0.29, 0.717) is 28.8 Å². The van der Waals surface area contributed by atoms with E-state index in [1.807, 2.05) is 35.0 Å². The molecule has 7 nitrogen and oxygen atoms in total. The van der Waals surface area contributed by atoms with E-state index < -0.39 is 0 Å². The number of fused-ring (bicyclic) bond motifs is 1. The van der Waals surface area contributed by atoms with Crippen LogP contribution < -0.4 is 5.32 Å². The molecule has 4 aromatic rings. The van der Waals surface area contributed by atoms with Crippen molar-refractivity contribution in [3.8, 4) is 0 Å². The van der Waals surface area contributed by atoms with Gasteiger partial charge in [0.2, 0.25) is 0 Å². The molecule has 0 aliphatic carbocycles. The van der Waals surface area contributed by atoms with Crippen LogP contribution in [-0.4, -0.2) is 32.2 Å². The zero-order chi connectivity index (χ0) is 23.5. The van der Waals surface area contributed by atoms with Crippen molar-refractivity contribution in [2.75, 3.05) is 0 Å². The minimum Gasteiger partial charge on any atom is -0.348 e. The van der Waals surface area contributed by atoms with E-state index in [9.17, 15) is 14.4 Å². The van der Waals surface area contributed by atoms with Gasteiger partial charge in [0.05, 0.1) is 24.0 Å². The molecule has 0 spiro atoms. The summed E-state index contributed by atoms with van der Waals surface area (Å²) >= 11 is 0. The number of amides is 3. The van der Waals surface area contributed by atoms with Crippen LogP contribution in [0.3, 0.4) is 0 Å². The molecule has 7 heteroatoms. The predicted octanol–water partition coefficient (Wildman–Crippen LogP) is 3.66. The highest BCUT2D eigenvalue weighted by atomic mass is 16.2. The number of hydrogen-bond donors (Lipinski definition) is 1. The van der Waals surface area contributed by atoms with Crippen LogP contribution >= 0.6 is 0 Å². The smallest absolute Gasteiger partial charge is 0.261 e. The Balaban J connectivity index is 1.20. The summed E-state index contributed by atoms with van der Waals surface area (Å²) in [5.41, 5.74) is 4.16. The van der Waals surface area contributed by atoms with E-state index in [0.717, 1.165) is 17.7 Å². The second-order valence-electron chi connectivity index (χ2n) is 8.18. The molecule has 0 fully saturated rings. The fraction of sp³-hybridized carbons (Fsp3) is 0.111. The first-order chi connectivity index (χ1) is 16.6. The van der Waals surface area contributed by atoms with Crippen LogP contribution in [0.4, 0.5) is 0 Å². The number of hydrogen-bond acceptors (Lipinski definition) is 4. The van der Waals surface area contributed by atoms with E-state index in [1.165, 1.54) is 4.90 Å². The fourth-order valence-corrected chi connectivity index (χ4v) is 4.01. The average molecular weight is 450 g/mol. The van der Waals surface area contributed by atoms with Crippen molar-refractivity contribution < 1.29 is 14.4 Å². The molecule has 0 radical (unpaired) electrons. The fourth-order valence-electron chi connectivity index (χ4n) is 4.01. The molecule has 0 saturated heterocycles. The van der Waals surface area contributed by atoms with E-state index in [2.05, 4.69) is 10.3 Å². The zero-order valence-corrected chi connectivity index (χ0v) is 18.3. The quantitative estimate of drug-likeness (QED) is 0.436. The number of nitrogens with zero attached hydrogens (tertiary/aromatic N) is 3. The number of carbonyl (C=O) groups excluding carboxylic acids is 3. The molecule has 5 rings (SSSR count). The van der Waals surface area contributed by atoms with Crippen LogP contribution in [0.2, 0.25) is 0 Å². The Kier molecular flexibility index (Phi) is 5.74. The van der Waals surface area contributed by atoms with Gasteiger partial charge in [-0.25, -0.2) is 4.98 Å². The molecular formula is C27H22N4O3. The first-order valence-electron chi connectivity index (χ1n) is 10.9. The van der Waals surface area contributed by atoms with Crippen LogP contribution in [0, 0.1) is 0 Å². The third kappa shape index (κ3) is 4.36. The molecule has 1 N–H and O–H groups in total. The second-order valence-corrected chi connectivity index (χ2v) is 8.18. The molecule has 0 atom stereocenters. The number of aromatic nitrogens is 2. The number of benzene rings is 3. The van der Waals surface area contributed by atoms with Gasteiger partial charge in [-0.05, 0) is 41.0 Å². The highest BCUT2D eigenvalue weighted by Gasteiger charge is 2.34. The first kappa shape index (κ1) is 21.3. The summed E-state index contributed by atoms with van der Waals surface area (Å²) in [7, 11) is 0. The Labute approximate surface area is 196 Å². The monoisotopic (exact) mass is 450 g/mol. The number of rotatable bonds is 7. The summed E-state index contributed by atoms with van der Waals surface area (Å²) in [5, 5.41) is 2.93. The van der Waals surface area contributed by atoms with Gasteiger partial charge in [0.15, 0.2) is 0 Å². The van der Waals surface area contributed by atoms with Crippen molar-refractivity contribution in [1.82, 2.24) is 19.8 Å². The summed E-state index contributed by atoms with van der Waals surface area (Å²) in [4.78, 5) is 43.2. The summed E-state index contributed by atoms with van der Waals surface area (Å²) in [6, 6.07) is 21.8. The molecule has 0 unspecified atom stereocenters. The predicted molar refractivity (Wildman–Crippen MR) is 126 cm³/mol. The van der Waals surface area contributed by atoms with E-state index in [1.54, 1.807) is 61.1 Å². The van der Waals surface area contributed by atoms with Crippen LogP contribution in [0.1, 0.15) is 47.8 Å². The van der Waals surface area contributed by atoms with E-state index in [4.69, 9.17) is 0 Å². The average Bonchev–Trinajstić information content (AvgIpc) is 3.46. The van der Waals surface area contributed by atoms with E-state index >= 15 is 0 Å². The van der Waals surface area contributed by atoms with Crippen molar-refractivity contribution in [1.29, 1.82) is 0 Å². The minimum atomic E-state index is -0.313. The largest absolute Gasteiger partial charge is 0.348 e. The van der Waals surface area contributed by atoms with Gasteiger partial charge in [-0.3, -0.25) is 19.3 Å². The second kappa shape index (κ2) is 9.15. The Morgan fingerprint density at radius 1 is 0.794 bits per heavy atom. The lowest BCUT2D eigenvalue weighted by molar-refractivity contribution is 0.0642. The third-order valence-corrected chi connectivity index (χ3v) is 5.81. The Hall–Kier alpha value is -4.52. The van der Waals surface area contributed by atoms with Gasteiger partial charge in [0.25, 0.3) is 17.7 Å². The lowest BCUT2D eigenvalue weighted by Gasteiger charge is -2.14. The Morgan fingerprint density at radius 2 is 1.50 bits per heavy atom. The number of nitrogens with one attached hydrogen (secondary N) is 1. The van der Waals surface area contributed by atoms with Crippen molar-refractivity contribution in [2.45, 2.75) is 19.6 Å². The van der Waals surface area contributed by atoms with Gasteiger partial charge in [0.1, 0.15) is 0 Å². The number of carbonyl (C=O) groups is 3. The summed E-state index contributed by atoms with van der Waals surface area (Å²) in [6.45, 7) is 1.26. The summed E-state index contributed by atoms with van der Waals surface area (Å²) < 4.78 is 1.99. The maximum Gasteiger partial charge on any atom is 0.261 e. The van der Waals surface area contributed by atoms with Crippen molar-refractivity contribution in [3.05, 3.63) is 125 Å². The van der Waals surface area contributed by atoms with Gasteiger partial charge >= 0.3 is 0 Å². The highest BCUT2D eigenvalue weighted by Crippen LogP contribution is 2.24. The topological polar surface area (TPSA) is 84.3 Å². The molecule has 1 aliphatic heterocycles. The maximum absolute atomic E-state index is 12.7. The minimum absolute atomic E-state index is 0.117. The molecule has 0 bridgehead atoms. The lowest BCUT2D eigenvalue weighted by atomic mass is 10.1. The molecule has 168 valence electrons. The first-order valence-corrected chi connectivity index (χ1v) is 10.9. The highest BCUT2D eigenvalue weighted by molar-refractivity contribution is 6.21. The standard InChI is InChI=1S/C27H22N4O3/c32-25(29-15-19-8-10-20(11-9-19)16-30-13-12-28-18-30)22-5-3-4-21(14-22)17-31-26(33)23-6-1-2-7-24(23)27(31)34/h1-14,18H,15-17H2,(H,29,32). The summed E-state index contributed by atoms with van der Waals surface area (Å²) in [5.74, 6) is -0.842. The van der Waals surface area contributed by atoms with Gasteiger partial charge in [-0.15, -0.1) is 0 Å². The normalized spacial score (nSPS) is 12.6. The SMILES string of the molecule is O=C(NCc1ccc(Cn2ccnc2)cc1)c1cccc(CN2C(=O)c3ccccc3C2=O)c1. The zero-order valence-electron chi connectivity index (χ0n) is 18.3. The maximum atomic E-state index is 12.7. The van der Waals surface area contributed by atoms with Crippen LogP contribution in [-0.2, 0) is 19.6 Å². The van der Waals surface area contributed by atoms with E-state index in [-0.39, 0.29) is 24.3 Å². The number of imide groups is 1. The molecule has 1 aliphatic rings. The van der Waals surface area contributed by atoms with Crippen LogP contribution in [0.5, 0.6) is 0 Å². The van der Waals surface area contributed by atoms with Gasteiger partial charge in [-0.2, -0.15) is 0 Å². The van der Waals surface area contributed by atoms with Crippen LogP contribution in [0.15, 0.2) is 91.5 Å². The van der Waals surface area contributed by atoms with Gasteiger partial charge in [0, 0.05) is 31.0 Å². The van der Waals surface area contributed by atoms with Crippen molar-refractivity contribution in [3.63, 3.8) is 0 Å². The molecular weight excluding hydrogens is 428 g/mol. The van der Waals surface area contributed by atoms with Crippen LogP contribution in [0.25, 0.3) is 0 Å². The molecule has 3 aromatic carbocycles. The Morgan fingerprint density at radius 3 is 2.18 bits per heavy atom.